The summed E-state index contributed by atoms with van der Waals surface area (Å²) in [4.78, 5) is 12.3. The minimum absolute atomic E-state index is 0.0343. The molecule has 1 saturated heterocycles. The van der Waals surface area contributed by atoms with Crippen molar-refractivity contribution in [1.29, 1.82) is 0 Å². The number of hydrogen-bond donors (Lipinski definition) is 1. The highest BCUT2D eigenvalue weighted by Crippen LogP contribution is 2.39. The Balaban J connectivity index is 1.95. The van der Waals surface area contributed by atoms with E-state index in [2.05, 4.69) is 10.2 Å². The minimum Gasteiger partial charge on any atom is -0.361 e. The van der Waals surface area contributed by atoms with E-state index in [4.69, 9.17) is 0 Å². The third-order valence-corrected chi connectivity index (χ3v) is 4.76. The SMILES string of the molecule is O=[N+]([O-])c1ccc(N2CCNCC23CCCCC3)c(F)c1. The van der Waals surface area contributed by atoms with E-state index < -0.39 is 10.7 Å². The van der Waals surface area contributed by atoms with Crippen LogP contribution in [0.3, 0.4) is 0 Å². The predicted octanol–water partition coefficient (Wildman–Crippen LogP) is 2.85. The molecule has 0 bridgehead atoms. The number of nitrogens with one attached hydrogen (secondary N) is 1. The Kier molecular flexibility index (Phi) is 3.80. The molecular formula is C15H20FN3O2. The number of anilines is 1. The van der Waals surface area contributed by atoms with Crippen LogP contribution in [0.5, 0.6) is 0 Å². The van der Waals surface area contributed by atoms with Crippen LogP contribution in [0.25, 0.3) is 0 Å². The van der Waals surface area contributed by atoms with Crippen LogP contribution in [0, 0.1) is 15.9 Å². The van der Waals surface area contributed by atoms with Gasteiger partial charge in [-0.05, 0) is 18.9 Å². The number of non-ortho nitro benzene ring substituents is 1. The number of nitro groups is 1. The fourth-order valence-corrected chi connectivity index (χ4v) is 3.71. The zero-order chi connectivity index (χ0) is 14.9. The monoisotopic (exact) mass is 293 g/mol. The van der Waals surface area contributed by atoms with Gasteiger partial charge in [-0.15, -0.1) is 0 Å². The van der Waals surface area contributed by atoms with Gasteiger partial charge in [0.15, 0.2) is 5.82 Å². The van der Waals surface area contributed by atoms with Gasteiger partial charge in [-0.3, -0.25) is 10.1 Å². The lowest BCUT2D eigenvalue weighted by molar-refractivity contribution is -0.385. The molecule has 114 valence electrons. The van der Waals surface area contributed by atoms with Crippen molar-refractivity contribution in [3.8, 4) is 0 Å². The molecule has 1 heterocycles. The van der Waals surface area contributed by atoms with Crippen molar-refractivity contribution >= 4 is 11.4 Å². The zero-order valence-electron chi connectivity index (χ0n) is 12.0. The second kappa shape index (κ2) is 5.60. The lowest BCUT2D eigenvalue weighted by atomic mass is 9.78. The van der Waals surface area contributed by atoms with Crippen LogP contribution in [0.4, 0.5) is 15.8 Å². The Morgan fingerprint density at radius 2 is 2.05 bits per heavy atom. The Hall–Kier alpha value is -1.69. The highest BCUT2D eigenvalue weighted by atomic mass is 19.1. The molecule has 21 heavy (non-hydrogen) atoms. The molecule has 0 aromatic heterocycles. The zero-order valence-corrected chi connectivity index (χ0v) is 12.0. The first-order chi connectivity index (χ1) is 10.1. The Labute approximate surface area is 123 Å². The van der Waals surface area contributed by atoms with Gasteiger partial charge in [-0.1, -0.05) is 19.3 Å². The average Bonchev–Trinajstić information content (AvgIpc) is 2.49. The van der Waals surface area contributed by atoms with Crippen LogP contribution >= 0.6 is 0 Å². The van der Waals surface area contributed by atoms with Crippen LogP contribution in [0.1, 0.15) is 32.1 Å². The summed E-state index contributed by atoms with van der Waals surface area (Å²) in [5.74, 6) is -0.490. The molecule has 1 spiro atoms. The molecule has 0 unspecified atom stereocenters. The molecule has 1 aliphatic heterocycles. The summed E-state index contributed by atoms with van der Waals surface area (Å²) in [6, 6.07) is 4.00. The van der Waals surface area contributed by atoms with Crippen molar-refractivity contribution in [3.05, 3.63) is 34.1 Å². The first-order valence-corrected chi connectivity index (χ1v) is 7.55. The van der Waals surface area contributed by atoms with Crippen LogP contribution in [-0.2, 0) is 0 Å². The topological polar surface area (TPSA) is 58.4 Å². The first-order valence-electron chi connectivity index (χ1n) is 7.55. The molecule has 6 heteroatoms. The molecule has 5 nitrogen and oxygen atoms in total. The fraction of sp³-hybridized carbons (Fsp3) is 0.600. The third kappa shape index (κ3) is 2.60. The normalized spacial score (nSPS) is 21.5. The number of halogens is 1. The summed E-state index contributed by atoms with van der Waals surface area (Å²) in [7, 11) is 0. The molecule has 1 aromatic rings. The van der Waals surface area contributed by atoms with E-state index in [1.807, 2.05) is 0 Å². The van der Waals surface area contributed by atoms with Gasteiger partial charge < -0.3 is 10.2 Å². The van der Waals surface area contributed by atoms with E-state index in [1.54, 1.807) is 6.07 Å². The van der Waals surface area contributed by atoms with Crippen LogP contribution < -0.4 is 10.2 Å². The summed E-state index contributed by atoms with van der Waals surface area (Å²) >= 11 is 0. The van der Waals surface area contributed by atoms with Crippen molar-refractivity contribution < 1.29 is 9.31 Å². The molecular weight excluding hydrogens is 273 g/mol. The molecule has 1 aromatic carbocycles. The van der Waals surface area contributed by atoms with Gasteiger partial charge in [-0.25, -0.2) is 4.39 Å². The highest BCUT2D eigenvalue weighted by Gasteiger charge is 2.40. The summed E-state index contributed by atoms with van der Waals surface area (Å²) in [5, 5.41) is 14.2. The number of benzene rings is 1. The predicted molar refractivity (Wildman–Crippen MR) is 79.1 cm³/mol. The Bertz CT molecular complexity index is 535. The van der Waals surface area contributed by atoms with Crippen molar-refractivity contribution in [1.82, 2.24) is 5.32 Å². The molecule has 0 atom stereocenters. The Morgan fingerprint density at radius 3 is 2.71 bits per heavy atom. The Morgan fingerprint density at radius 1 is 1.29 bits per heavy atom. The molecule has 3 rings (SSSR count). The van der Waals surface area contributed by atoms with Crippen molar-refractivity contribution in [2.45, 2.75) is 37.6 Å². The number of hydrogen-bond acceptors (Lipinski definition) is 4. The minimum atomic E-state index is -0.555. The summed E-state index contributed by atoms with van der Waals surface area (Å²) in [6.07, 6.45) is 5.66. The lowest BCUT2D eigenvalue weighted by Crippen LogP contribution is -2.62. The maximum atomic E-state index is 14.4. The van der Waals surface area contributed by atoms with E-state index in [1.165, 1.54) is 12.5 Å². The first kappa shape index (κ1) is 14.3. The number of rotatable bonds is 2. The molecule has 1 aliphatic carbocycles. The second-order valence-corrected chi connectivity index (χ2v) is 6.01. The van der Waals surface area contributed by atoms with Crippen molar-refractivity contribution in [2.24, 2.45) is 0 Å². The van der Waals surface area contributed by atoms with Crippen molar-refractivity contribution in [3.63, 3.8) is 0 Å². The number of nitrogens with zero attached hydrogens (tertiary/aromatic N) is 2. The maximum absolute atomic E-state index is 14.4. The maximum Gasteiger partial charge on any atom is 0.272 e. The van der Waals surface area contributed by atoms with Gasteiger partial charge in [0.05, 0.1) is 22.2 Å². The van der Waals surface area contributed by atoms with Gasteiger partial charge in [0.2, 0.25) is 0 Å². The van der Waals surface area contributed by atoms with Gasteiger partial charge >= 0.3 is 0 Å². The second-order valence-electron chi connectivity index (χ2n) is 6.01. The van der Waals surface area contributed by atoms with Crippen LogP contribution in [0.15, 0.2) is 18.2 Å². The molecule has 0 amide bonds. The molecule has 2 aliphatic rings. The van der Waals surface area contributed by atoms with E-state index in [0.29, 0.717) is 5.69 Å². The highest BCUT2D eigenvalue weighted by molar-refractivity contribution is 5.55. The van der Waals surface area contributed by atoms with Gasteiger partial charge in [0.25, 0.3) is 5.69 Å². The molecule has 1 saturated carbocycles. The fourth-order valence-electron chi connectivity index (χ4n) is 3.71. The number of piperazine rings is 1. The smallest absolute Gasteiger partial charge is 0.272 e. The quantitative estimate of drug-likeness (QED) is 0.673. The lowest BCUT2D eigenvalue weighted by Gasteiger charge is -2.51. The third-order valence-electron chi connectivity index (χ3n) is 4.76. The van der Waals surface area contributed by atoms with E-state index >= 15 is 0 Å². The van der Waals surface area contributed by atoms with Crippen LogP contribution in [-0.4, -0.2) is 30.1 Å². The van der Waals surface area contributed by atoms with Gasteiger partial charge in [0.1, 0.15) is 0 Å². The molecule has 1 N–H and O–H groups in total. The summed E-state index contributed by atoms with van der Waals surface area (Å²) in [5.41, 5.74) is 0.279. The summed E-state index contributed by atoms with van der Waals surface area (Å²) < 4.78 is 14.4. The largest absolute Gasteiger partial charge is 0.361 e. The summed E-state index contributed by atoms with van der Waals surface area (Å²) in [6.45, 7) is 2.43. The van der Waals surface area contributed by atoms with Gasteiger partial charge in [0, 0.05) is 25.7 Å². The van der Waals surface area contributed by atoms with E-state index in [9.17, 15) is 14.5 Å². The number of nitro benzene ring substituents is 1. The van der Waals surface area contributed by atoms with Gasteiger partial charge in [-0.2, -0.15) is 0 Å². The van der Waals surface area contributed by atoms with Crippen molar-refractivity contribution in [2.75, 3.05) is 24.5 Å². The van der Waals surface area contributed by atoms with E-state index in [0.717, 1.165) is 51.4 Å². The molecule has 0 radical (unpaired) electrons. The van der Waals surface area contributed by atoms with Crippen LogP contribution in [0.2, 0.25) is 0 Å². The molecule has 2 fully saturated rings. The van der Waals surface area contributed by atoms with E-state index in [-0.39, 0.29) is 11.2 Å². The standard InChI is InChI=1S/C15H20FN3O2/c16-13-10-12(19(20)21)4-5-14(13)18-9-8-17-11-15(18)6-2-1-3-7-15/h4-5,10,17H,1-3,6-9,11H2. The average molecular weight is 293 g/mol.